The van der Waals surface area contributed by atoms with Crippen molar-refractivity contribution in [3.05, 3.63) is 62.7 Å². The highest BCUT2D eigenvalue weighted by molar-refractivity contribution is 6.34. The summed E-state index contributed by atoms with van der Waals surface area (Å²) in [6, 6.07) is 8.94. The van der Waals surface area contributed by atoms with Crippen LogP contribution in [-0.2, 0) is 0 Å². The van der Waals surface area contributed by atoms with Gasteiger partial charge in [0.25, 0.3) is 11.6 Å². The van der Waals surface area contributed by atoms with Gasteiger partial charge in [0.1, 0.15) is 5.75 Å². The average Bonchev–Trinajstić information content (AvgIpc) is 2.48. The Bertz CT molecular complexity index is 746. The fourth-order valence-corrected chi connectivity index (χ4v) is 2.15. The second-order valence-corrected chi connectivity index (χ2v) is 4.96. The van der Waals surface area contributed by atoms with Crippen LogP contribution >= 0.6 is 11.6 Å². The smallest absolute Gasteiger partial charge is 0.269 e. The van der Waals surface area contributed by atoms with E-state index >= 15 is 0 Å². The molecule has 7 heteroatoms. The largest absolute Gasteiger partial charge is 0.497 e. The van der Waals surface area contributed by atoms with Crippen molar-refractivity contribution >= 4 is 28.9 Å². The molecule has 0 radical (unpaired) electrons. The Hall–Kier alpha value is -2.60. The average molecular weight is 321 g/mol. The zero-order valence-corrected chi connectivity index (χ0v) is 12.7. The number of rotatable bonds is 4. The van der Waals surface area contributed by atoms with E-state index in [0.717, 1.165) is 0 Å². The van der Waals surface area contributed by atoms with E-state index in [1.54, 1.807) is 25.1 Å². The number of benzene rings is 2. The highest BCUT2D eigenvalue weighted by Crippen LogP contribution is 2.27. The van der Waals surface area contributed by atoms with E-state index in [1.165, 1.54) is 25.3 Å². The van der Waals surface area contributed by atoms with Crippen molar-refractivity contribution < 1.29 is 14.5 Å². The summed E-state index contributed by atoms with van der Waals surface area (Å²) in [5.41, 5.74) is 1.23. The van der Waals surface area contributed by atoms with Crippen molar-refractivity contribution in [1.82, 2.24) is 0 Å². The van der Waals surface area contributed by atoms with Crippen LogP contribution in [0.3, 0.4) is 0 Å². The topological polar surface area (TPSA) is 81.5 Å². The number of nitrogens with one attached hydrogen (secondary N) is 1. The molecule has 0 spiro atoms. The molecule has 0 atom stereocenters. The van der Waals surface area contributed by atoms with E-state index in [-0.39, 0.29) is 11.6 Å². The molecule has 0 saturated carbocycles. The quantitative estimate of drug-likeness (QED) is 0.686. The molecule has 0 saturated heterocycles. The third kappa shape index (κ3) is 3.35. The minimum Gasteiger partial charge on any atom is -0.497 e. The van der Waals surface area contributed by atoms with Crippen molar-refractivity contribution in [2.45, 2.75) is 6.92 Å². The Balaban J connectivity index is 2.24. The second-order valence-electron chi connectivity index (χ2n) is 4.56. The Morgan fingerprint density at radius 2 is 2.00 bits per heavy atom. The maximum atomic E-state index is 12.3. The van der Waals surface area contributed by atoms with Crippen LogP contribution in [-0.4, -0.2) is 17.9 Å². The summed E-state index contributed by atoms with van der Waals surface area (Å²) in [5.74, 6) is 0.189. The van der Waals surface area contributed by atoms with Crippen molar-refractivity contribution in [2.24, 2.45) is 0 Å². The summed E-state index contributed by atoms with van der Waals surface area (Å²) >= 11 is 6.06. The maximum absolute atomic E-state index is 12.3. The molecule has 0 aromatic heterocycles. The lowest BCUT2D eigenvalue weighted by Crippen LogP contribution is -2.13. The number of carbonyl (C=O) groups excluding carboxylic acids is 1. The fraction of sp³-hybridized carbons (Fsp3) is 0.133. The number of methoxy groups -OCH3 is 1. The van der Waals surface area contributed by atoms with Crippen LogP contribution < -0.4 is 10.1 Å². The molecule has 2 rings (SSSR count). The Kier molecular flexibility index (Phi) is 4.62. The highest BCUT2D eigenvalue weighted by Gasteiger charge is 2.15. The van der Waals surface area contributed by atoms with Crippen molar-refractivity contribution in [3.63, 3.8) is 0 Å². The molecule has 0 heterocycles. The van der Waals surface area contributed by atoms with E-state index in [1.807, 2.05) is 0 Å². The van der Waals surface area contributed by atoms with E-state index in [9.17, 15) is 14.9 Å². The molecule has 2 aromatic carbocycles. The minimum atomic E-state index is -0.505. The van der Waals surface area contributed by atoms with Crippen molar-refractivity contribution in [2.75, 3.05) is 12.4 Å². The second kappa shape index (κ2) is 6.44. The molecule has 1 amide bonds. The number of hydrogen-bond donors (Lipinski definition) is 1. The van der Waals surface area contributed by atoms with E-state index in [4.69, 9.17) is 16.3 Å². The lowest BCUT2D eigenvalue weighted by molar-refractivity contribution is -0.384. The van der Waals surface area contributed by atoms with Gasteiger partial charge >= 0.3 is 0 Å². The van der Waals surface area contributed by atoms with Gasteiger partial charge in [-0.25, -0.2) is 0 Å². The number of anilines is 1. The molecule has 1 N–H and O–H groups in total. The summed E-state index contributed by atoms with van der Waals surface area (Å²) in [7, 11) is 1.52. The van der Waals surface area contributed by atoms with Crippen LogP contribution in [0.15, 0.2) is 36.4 Å². The van der Waals surface area contributed by atoms with Crippen molar-refractivity contribution in [1.29, 1.82) is 0 Å². The standard InChI is InChI=1S/C15H13ClN2O4/c1-9-7-10(18(20)21)3-5-12(9)15(19)17-14-6-4-11(22-2)8-13(14)16/h3-8H,1-2H3,(H,17,19). The normalized spacial score (nSPS) is 10.1. The summed E-state index contributed by atoms with van der Waals surface area (Å²) in [5, 5.41) is 13.7. The van der Waals surface area contributed by atoms with Gasteiger partial charge in [0.2, 0.25) is 0 Å². The molecular weight excluding hydrogens is 308 g/mol. The monoisotopic (exact) mass is 320 g/mol. The van der Waals surface area contributed by atoms with Gasteiger partial charge in [0.05, 0.1) is 22.7 Å². The molecular formula is C15H13ClN2O4. The van der Waals surface area contributed by atoms with Crippen LogP contribution in [0.1, 0.15) is 15.9 Å². The first-order chi connectivity index (χ1) is 10.4. The molecule has 6 nitrogen and oxygen atoms in total. The number of hydrogen-bond acceptors (Lipinski definition) is 4. The first kappa shape index (κ1) is 15.8. The first-order valence-electron chi connectivity index (χ1n) is 6.32. The Morgan fingerprint density at radius 1 is 1.27 bits per heavy atom. The maximum Gasteiger partial charge on any atom is 0.269 e. The molecule has 2 aromatic rings. The third-order valence-corrected chi connectivity index (χ3v) is 3.40. The summed E-state index contributed by atoms with van der Waals surface area (Å²) in [4.78, 5) is 22.5. The van der Waals surface area contributed by atoms with Gasteiger partial charge in [-0.1, -0.05) is 11.6 Å². The van der Waals surface area contributed by atoms with Gasteiger partial charge in [-0.3, -0.25) is 14.9 Å². The minimum absolute atomic E-state index is 0.0588. The van der Waals surface area contributed by atoms with Crippen LogP contribution in [0.25, 0.3) is 0 Å². The van der Waals surface area contributed by atoms with Gasteiger partial charge in [0.15, 0.2) is 0 Å². The van der Waals surface area contributed by atoms with Gasteiger partial charge in [0, 0.05) is 23.8 Å². The number of amides is 1. The predicted octanol–water partition coefficient (Wildman–Crippen LogP) is 3.82. The third-order valence-electron chi connectivity index (χ3n) is 3.09. The van der Waals surface area contributed by atoms with Gasteiger partial charge in [-0.05, 0) is 30.7 Å². The molecule has 0 bridgehead atoms. The number of carbonyl (C=O) groups is 1. The Morgan fingerprint density at radius 3 is 2.55 bits per heavy atom. The number of non-ortho nitro benzene ring substituents is 1. The first-order valence-corrected chi connectivity index (χ1v) is 6.70. The number of nitrogens with zero attached hydrogens (tertiary/aromatic N) is 1. The fourth-order valence-electron chi connectivity index (χ4n) is 1.93. The molecule has 0 fully saturated rings. The lowest BCUT2D eigenvalue weighted by atomic mass is 10.1. The van der Waals surface area contributed by atoms with Crippen molar-refractivity contribution in [3.8, 4) is 5.75 Å². The molecule has 22 heavy (non-hydrogen) atoms. The zero-order chi connectivity index (χ0) is 16.3. The van der Waals surface area contributed by atoms with E-state index in [0.29, 0.717) is 27.6 Å². The lowest BCUT2D eigenvalue weighted by Gasteiger charge is -2.10. The Labute approximate surface area is 131 Å². The van der Waals surface area contributed by atoms with Crippen LogP contribution in [0.4, 0.5) is 11.4 Å². The number of ether oxygens (including phenoxy) is 1. The highest BCUT2D eigenvalue weighted by atomic mass is 35.5. The predicted molar refractivity (Wildman–Crippen MR) is 83.8 cm³/mol. The molecule has 0 aliphatic rings. The number of aryl methyl sites for hydroxylation is 1. The molecule has 0 unspecified atom stereocenters. The van der Waals surface area contributed by atoms with Gasteiger partial charge < -0.3 is 10.1 Å². The molecule has 114 valence electrons. The number of nitro benzene ring substituents is 1. The number of halogens is 1. The molecule has 0 aliphatic carbocycles. The van der Waals surface area contributed by atoms with Crippen LogP contribution in [0.2, 0.25) is 5.02 Å². The van der Waals surface area contributed by atoms with Gasteiger partial charge in [-0.2, -0.15) is 0 Å². The molecule has 0 aliphatic heterocycles. The number of nitro groups is 1. The summed E-state index contributed by atoms with van der Waals surface area (Å²) < 4.78 is 5.03. The summed E-state index contributed by atoms with van der Waals surface area (Å²) in [6.45, 7) is 1.64. The SMILES string of the molecule is COc1ccc(NC(=O)c2ccc([N+](=O)[O-])cc2C)c(Cl)c1. The van der Waals surface area contributed by atoms with Crippen LogP contribution in [0, 0.1) is 17.0 Å². The zero-order valence-electron chi connectivity index (χ0n) is 11.9. The van der Waals surface area contributed by atoms with E-state index < -0.39 is 4.92 Å². The van der Waals surface area contributed by atoms with Gasteiger partial charge in [-0.15, -0.1) is 0 Å². The summed E-state index contributed by atoms with van der Waals surface area (Å²) in [6.07, 6.45) is 0. The van der Waals surface area contributed by atoms with E-state index in [2.05, 4.69) is 5.32 Å². The van der Waals surface area contributed by atoms with Crippen LogP contribution in [0.5, 0.6) is 5.75 Å².